The van der Waals surface area contributed by atoms with Crippen LogP contribution in [0.15, 0.2) is 30.3 Å². The van der Waals surface area contributed by atoms with E-state index in [-0.39, 0.29) is 0 Å². The summed E-state index contributed by atoms with van der Waals surface area (Å²) in [6, 6.07) is 13.4. The Labute approximate surface area is 126 Å². The van der Waals surface area contributed by atoms with Crippen LogP contribution in [0.25, 0.3) is 10.9 Å². The molecule has 2 aliphatic heterocycles. The zero-order chi connectivity index (χ0) is 14.4. The van der Waals surface area contributed by atoms with Gasteiger partial charge in [-0.1, -0.05) is 18.2 Å². The highest BCUT2D eigenvalue weighted by molar-refractivity contribution is 5.81. The van der Waals surface area contributed by atoms with Gasteiger partial charge in [-0.3, -0.25) is 0 Å². The van der Waals surface area contributed by atoms with Crippen molar-refractivity contribution in [3.63, 3.8) is 0 Å². The molecule has 112 valence electrons. The molecular weight excluding hydrogens is 258 g/mol. The van der Waals surface area contributed by atoms with E-state index >= 15 is 0 Å². The first kappa shape index (κ1) is 13.4. The zero-order valence-electron chi connectivity index (χ0n) is 12.8. The first-order valence-electron chi connectivity index (χ1n) is 8.29. The first-order valence-corrected chi connectivity index (χ1v) is 8.29. The number of hydrogen-bond acceptors (Lipinski definition) is 2. The van der Waals surface area contributed by atoms with Crippen LogP contribution >= 0.6 is 0 Å². The smallest absolute Gasteiger partial charge is 0.0485 e. The average molecular weight is 283 g/mol. The Hall–Kier alpha value is -1.32. The van der Waals surface area contributed by atoms with Crippen LogP contribution < -0.4 is 5.73 Å². The molecule has 2 N–H and O–H groups in total. The molecule has 2 atom stereocenters. The topological polar surface area (TPSA) is 34.2 Å². The Morgan fingerprint density at radius 1 is 1.10 bits per heavy atom. The fourth-order valence-corrected chi connectivity index (χ4v) is 4.60. The lowest BCUT2D eigenvalue weighted by molar-refractivity contribution is 0.138. The van der Waals surface area contributed by atoms with Crippen LogP contribution in [0.5, 0.6) is 0 Å². The Balaban J connectivity index is 1.77. The fourth-order valence-electron chi connectivity index (χ4n) is 4.60. The van der Waals surface area contributed by atoms with Gasteiger partial charge in [-0.05, 0) is 63.2 Å². The Morgan fingerprint density at radius 2 is 1.81 bits per heavy atom. The number of nitrogens with zero attached hydrogens (tertiary/aromatic N) is 2. The molecule has 2 bridgehead atoms. The number of piperidine rings is 1. The fraction of sp³-hybridized carbons (Fsp3) is 0.556. The molecule has 4 rings (SSSR count). The predicted molar refractivity (Wildman–Crippen MR) is 87.5 cm³/mol. The molecule has 0 amide bonds. The Bertz CT molecular complexity index is 631. The largest absolute Gasteiger partial charge is 0.341 e. The highest BCUT2D eigenvalue weighted by Crippen LogP contribution is 2.41. The van der Waals surface area contributed by atoms with E-state index < -0.39 is 0 Å². The van der Waals surface area contributed by atoms with Crippen LogP contribution in [-0.2, 0) is 6.42 Å². The van der Waals surface area contributed by atoms with Crippen molar-refractivity contribution in [1.29, 1.82) is 0 Å². The van der Waals surface area contributed by atoms with Gasteiger partial charge in [0, 0.05) is 29.3 Å². The third kappa shape index (κ3) is 2.11. The second kappa shape index (κ2) is 5.15. The minimum absolute atomic E-state index is 0.653. The summed E-state index contributed by atoms with van der Waals surface area (Å²) in [6.07, 6.45) is 6.33. The maximum absolute atomic E-state index is 5.85. The van der Waals surface area contributed by atoms with Crippen LogP contribution in [0.1, 0.15) is 37.4 Å². The van der Waals surface area contributed by atoms with Crippen molar-refractivity contribution in [3.8, 4) is 0 Å². The lowest BCUT2D eigenvalue weighted by Crippen LogP contribution is -2.40. The van der Waals surface area contributed by atoms with Crippen molar-refractivity contribution in [2.75, 3.05) is 13.6 Å². The number of hydrogen-bond donors (Lipinski definition) is 1. The van der Waals surface area contributed by atoms with Crippen LogP contribution in [0.2, 0.25) is 0 Å². The van der Waals surface area contributed by atoms with Crippen molar-refractivity contribution in [1.82, 2.24) is 9.47 Å². The highest BCUT2D eigenvalue weighted by atomic mass is 15.2. The van der Waals surface area contributed by atoms with Crippen molar-refractivity contribution < 1.29 is 0 Å². The van der Waals surface area contributed by atoms with E-state index in [0.29, 0.717) is 6.04 Å². The molecule has 21 heavy (non-hydrogen) atoms. The Kier molecular flexibility index (Phi) is 3.27. The molecule has 0 spiro atoms. The number of rotatable bonds is 3. The molecule has 2 unspecified atom stereocenters. The van der Waals surface area contributed by atoms with Gasteiger partial charge in [0.1, 0.15) is 0 Å². The third-order valence-electron chi connectivity index (χ3n) is 5.67. The predicted octanol–water partition coefficient (Wildman–Crippen LogP) is 2.94. The summed E-state index contributed by atoms with van der Waals surface area (Å²) in [5.41, 5.74) is 8.67. The third-order valence-corrected chi connectivity index (χ3v) is 5.67. The minimum Gasteiger partial charge on any atom is -0.341 e. The lowest BCUT2D eigenvalue weighted by atomic mass is 9.97. The van der Waals surface area contributed by atoms with Crippen molar-refractivity contribution >= 4 is 10.9 Å². The lowest BCUT2D eigenvalue weighted by Gasteiger charge is -2.38. The van der Waals surface area contributed by atoms with Gasteiger partial charge < -0.3 is 15.2 Å². The van der Waals surface area contributed by atoms with Gasteiger partial charge in [0.25, 0.3) is 0 Å². The van der Waals surface area contributed by atoms with Gasteiger partial charge in [-0.25, -0.2) is 0 Å². The normalized spacial score (nSPS) is 29.3. The molecule has 2 aromatic rings. The first-order chi connectivity index (χ1) is 10.3. The van der Waals surface area contributed by atoms with Gasteiger partial charge in [0.05, 0.1) is 0 Å². The number of aromatic nitrogens is 1. The molecule has 2 aliphatic rings. The van der Waals surface area contributed by atoms with Crippen molar-refractivity contribution in [2.45, 2.75) is 50.2 Å². The number of nitrogens with two attached hydrogens (primary N) is 1. The molecule has 3 nitrogen and oxygen atoms in total. The quantitative estimate of drug-likeness (QED) is 0.940. The van der Waals surface area contributed by atoms with Gasteiger partial charge >= 0.3 is 0 Å². The molecule has 2 saturated heterocycles. The molecule has 3 heterocycles. The highest BCUT2D eigenvalue weighted by Gasteiger charge is 2.39. The molecular formula is C18H25N3. The van der Waals surface area contributed by atoms with Crippen LogP contribution in [0, 0.1) is 0 Å². The van der Waals surface area contributed by atoms with Crippen molar-refractivity contribution in [3.05, 3.63) is 36.0 Å². The van der Waals surface area contributed by atoms with E-state index in [4.69, 9.17) is 5.73 Å². The minimum atomic E-state index is 0.653. The summed E-state index contributed by atoms with van der Waals surface area (Å²) < 4.78 is 2.61. The zero-order valence-corrected chi connectivity index (χ0v) is 12.8. The Morgan fingerprint density at radius 3 is 2.52 bits per heavy atom. The summed E-state index contributed by atoms with van der Waals surface area (Å²) in [5, 5.41) is 1.37. The molecule has 3 heteroatoms. The monoisotopic (exact) mass is 283 g/mol. The van der Waals surface area contributed by atoms with Crippen LogP contribution in [-0.4, -0.2) is 35.1 Å². The molecule has 1 aromatic heterocycles. The summed E-state index contributed by atoms with van der Waals surface area (Å²) >= 11 is 0. The van der Waals surface area contributed by atoms with Gasteiger partial charge in [-0.2, -0.15) is 0 Å². The van der Waals surface area contributed by atoms with E-state index in [0.717, 1.165) is 25.0 Å². The maximum Gasteiger partial charge on any atom is 0.0485 e. The van der Waals surface area contributed by atoms with Crippen molar-refractivity contribution in [2.24, 2.45) is 5.73 Å². The van der Waals surface area contributed by atoms with E-state index in [1.807, 2.05) is 0 Å². The van der Waals surface area contributed by atoms with E-state index in [1.165, 1.54) is 42.3 Å². The molecule has 0 radical (unpaired) electrons. The standard InChI is InChI=1S/C18H25N3/c1-20-14-6-7-15(20)12-17(11-14)21-16(8-9-19)10-13-4-2-3-5-18(13)21/h2-5,10,14-15,17H,6-9,11-12,19H2,1H3. The average Bonchev–Trinajstić information content (AvgIpc) is 2.92. The van der Waals surface area contributed by atoms with Gasteiger partial charge in [0.15, 0.2) is 0 Å². The SMILES string of the molecule is CN1C2CCC1CC(n1c(CCN)cc3ccccc31)C2. The summed E-state index contributed by atoms with van der Waals surface area (Å²) in [5.74, 6) is 0. The summed E-state index contributed by atoms with van der Waals surface area (Å²) in [7, 11) is 2.31. The van der Waals surface area contributed by atoms with E-state index in [2.05, 4.69) is 46.8 Å². The van der Waals surface area contributed by atoms with E-state index in [1.54, 1.807) is 0 Å². The second-order valence-electron chi connectivity index (χ2n) is 6.78. The van der Waals surface area contributed by atoms with Gasteiger partial charge in [0.2, 0.25) is 0 Å². The molecule has 0 saturated carbocycles. The van der Waals surface area contributed by atoms with Crippen LogP contribution in [0.4, 0.5) is 0 Å². The van der Waals surface area contributed by atoms with Crippen LogP contribution in [0.3, 0.4) is 0 Å². The number of benzene rings is 1. The summed E-state index contributed by atoms with van der Waals surface area (Å²) in [6.45, 7) is 0.732. The molecule has 1 aromatic carbocycles. The maximum atomic E-state index is 5.85. The molecule has 0 aliphatic carbocycles. The number of para-hydroxylation sites is 1. The van der Waals surface area contributed by atoms with Gasteiger partial charge in [-0.15, -0.1) is 0 Å². The molecule has 2 fully saturated rings. The number of fused-ring (bicyclic) bond motifs is 3. The summed E-state index contributed by atoms with van der Waals surface area (Å²) in [4.78, 5) is 2.62. The van der Waals surface area contributed by atoms with E-state index in [9.17, 15) is 0 Å². The second-order valence-corrected chi connectivity index (χ2v) is 6.78.